The van der Waals surface area contributed by atoms with Crippen molar-refractivity contribution in [3.8, 4) is 0 Å². The quantitative estimate of drug-likeness (QED) is 0.797. The molecule has 0 bridgehead atoms. The van der Waals surface area contributed by atoms with Crippen molar-refractivity contribution < 1.29 is 14.0 Å². The Balaban J connectivity index is 2.01. The summed E-state index contributed by atoms with van der Waals surface area (Å²) in [5, 5.41) is 7.77. The maximum atomic E-state index is 11.8. The molecule has 112 valence electrons. The first-order valence-electron chi connectivity index (χ1n) is 6.72. The summed E-state index contributed by atoms with van der Waals surface area (Å²) in [7, 11) is 0. The minimum Gasteiger partial charge on any atom is -0.441 e. The van der Waals surface area contributed by atoms with Gasteiger partial charge in [0.15, 0.2) is 11.5 Å². The summed E-state index contributed by atoms with van der Waals surface area (Å²) in [6.07, 6.45) is 0. The number of aromatic nitrogens is 1. The number of carbonyl (C=O) groups is 2. The third kappa shape index (κ3) is 3.71. The molecular weight excluding hydrogens is 272 g/mol. The van der Waals surface area contributed by atoms with Gasteiger partial charge in [-0.3, -0.25) is 10.1 Å². The average molecular weight is 290 g/mol. The van der Waals surface area contributed by atoms with E-state index in [0.717, 1.165) is 5.69 Å². The summed E-state index contributed by atoms with van der Waals surface area (Å²) < 4.78 is 5.38. The van der Waals surface area contributed by atoms with E-state index < -0.39 is 18.0 Å². The van der Waals surface area contributed by atoms with Gasteiger partial charge in [0.1, 0.15) is 11.6 Å². The number of urea groups is 1. The Labute approximate surface area is 122 Å². The molecule has 0 fully saturated rings. The first-order chi connectivity index (χ1) is 9.99. The van der Waals surface area contributed by atoms with Crippen LogP contribution in [0.5, 0.6) is 0 Å². The standard InChI is InChI=1S/C14H18N4O3/c1-4-15-14(20)18-13(19)8(2)16-10-5-6-12-11(7-10)17-9(3)21-12/h5-8,16H,4H2,1-3H3,(H2,15,18,19,20). The lowest BCUT2D eigenvalue weighted by atomic mass is 10.2. The van der Waals surface area contributed by atoms with Crippen molar-refractivity contribution >= 4 is 28.7 Å². The second-order valence-electron chi connectivity index (χ2n) is 4.63. The Hall–Kier alpha value is -2.57. The van der Waals surface area contributed by atoms with Crippen LogP contribution in [0.1, 0.15) is 19.7 Å². The van der Waals surface area contributed by atoms with Gasteiger partial charge in [0.2, 0.25) is 5.91 Å². The number of anilines is 1. The summed E-state index contributed by atoms with van der Waals surface area (Å²) in [5.74, 6) is 0.182. The van der Waals surface area contributed by atoms with E-state index in [4.69, 9.17) is 4.42 Å². The van der Waals surface area contributed by atoms with Crippen LogP contribution in [0, 0.1) is 6.92 Å². The molecule has 0 saturated carbocycles. The molecule has 21 heavy (non-hydrogen) atoms. The van der Waals surface area contributed by atoms with Crippen LogP contribution in [0.3, 0.4) is 0 Å². The van der Waals surface area contributed by atoms with E-state index in [9.17, 15) is 9.59 Å². The van der Waals surface area contributed by atoms with Crippen LogP contribution in [0.25, 0.3) is 11.1 Å². The van der Waals surface area contributed by atoms with Crippen LogP contribution >= 0.6 is 0 Å². The molecule has 1 aromatic heterocycles. The van der Waals surface area contributed by atoms with Crippen LogP contribution in [-0.4, -0.2) is 29.5 Å². The Bertz CT molecular complexity index is 665. The second kappa shape index (κ2) is 6.25. The summed E-state index contributed by atoms with van der Waals surface area (Å²) in [6, 6.07) is 4.31. The summed E-state index contributed by atoms with van der Waals surface area (Å²) in [6.45, 7) is 5.69. The maximum Gasteiger partial charge on any atom is 0.321 e. The van der Waals surface area contributed by atoms with Crippen molar-refractivity contribution in [1.82, 2.24) is 15.6 Å². The van der Waals surface area contributed by atoms with Gasteiger partial charge in [-0.25, -0.2) is 9.78 Å². The molecule has 1 aromatic carbocycles. The molecule has 0 saturated heterocycles. The van der Waals surface area contributed by atoms with E-state index in [-0.39, 0.29) is 0 Å². The van der Waals surface area contributed by atoms with Gasteiger partial charge in [-0.1, -0.05) is 0 Å². The molecule has 0 aliphatic carbocycles. The Morgan fingerprint density at radius 1 is 1.38 bits per heavy atom. The molecule has 2 rings (SSSR count). The summed E-state index contributed by atoms with van der Waals surface area (Å²) >= 11 is 0. The highest BCUT2D eigenvalue weighted by Gasteiger charge is 2.15. The van der Waals surface area contributed by atoms with Crippen molar-refractivity contribution in [2.45, 2.75) is 26.8 Å². The van der Waals surface area contributed by atoms with Gasteiger partial charge in [-0.05, 0) is 32.0 Å². The molecule has 0 aliphatic heterocycles. The highest BCUT2D eigenvalue weighted by Crippen LogP contribution is 2.20. The van der Waals surface area contributed by atoms with E-state index in [1.807, 2.05) is 0 Å². The van der Waals surface area contributed by atoms with Crippen molar-refractivity contribution in [2.24, 2.45) is 0 Å². The van der Waals surface area contributed by atoms with Crippen LogP contribution in [0.4, 0.5) is 10.5 Å². The minimum atomic E-state index is -0.557. The Morgan fingerprint density at radius 2 is 2.14 bits per heavy atom. The smallest absolute Gasteiger partial charge is 0.321 e. The van der Waals surface area contributed by atoms with Gasteiger partial charge >= 0.3 is 6.03 Å². The number of hydrogen-bond donors (Lipinski definition) is 3. The van der Waals surface area contributed by atoms with E-state index >= 15 is 0 Å². The number of amides is 3. The molecular formula is C14H18N4O3. The summed E-state index contributed by atoms with van der Waals surface area (Å²) in [5.41, 5.74) is 2.14. The summed E-state index contributed by atoms with van der Waals surface area (Å²) in [4.78, 5) is 27.4. The third-order valence-electron chi connectivity index (χ3n) is 2.85. The second-order valence-corrected chi connectivity index (χ2v) is 4.63. The molecule has 2 aromatic rings. The lowest BCUT2D eigenvalue weighted by molar-refractivity contribution is -0.120. The molecule has 3 N–H and O–H groups in total. The number of carbonyl (C=O) groups excluding carboxylic acids is 2. The number of imide groups is 1. The number of benzene rings is 1. The number of oxazole rings is 1. The molecule has 0 aliphatic rings. The minimum absolute atomic E-state index is 0.405. The molecule has 1 unspecified atom stereocenters. The van der Waals surface area contributed by atoms with Crippen LogP contribution < -0.4 is 16.0 Å². The zero-order chi connectivity index (χ0) is 15.4. The topological polar surface area (TPSA) is 96.3 Å². The van der Waals surface area contributed by atoms with Crippen LogP contribution in [-0.2, 0) is 4.79 Å². The monoisotopic (exact) mass is 290 g/mol. The maximum absolute atomic E-state index is 11.8. The lowest BCUT2D eigenvalue weighted by Crippen LogP contribution is -2.45. The van der Waals surface area contributed by atoms with E-state index in [1.165, 1.54) is 0 Å². The van der Waals surface area contributed by atoms with E-state index in [2.05, 4.69) is 20.9 Å². The fraction of sp³-hybridized carbons (Fsp3) is 0.357. The van der Waals surface area contributed by atoms with E-state index in [0.29, 0.717) is 23.5 Å². The largest absolute Gasteiger partial charge is 0.441 e. The van der Waals surface area contributed by atoms with Crippen molar-refractivity contribution in [2.75, 3.05) is 11.9 Å². The predicted octanol–water partition coefficient (Wildman–Crippen LogP) is 1.78. The van der Waals surface area contributed by atoms with Gasteiger partial charge in [-0.15, -0.1) is 0 Å². The Kier molecular flexibility index (Phi) is 4.42. The van der Waals surface area contributed by atoms with Crippen molar-refractivity contribution in [3.63, 3.8) is 0 Å². The van der Waals surface area contributed by atoms with Gasteiger partial charge < -0.3 is 15.1 Å². The van der Waals surface area contributed by atoms with Gasteiger partial charge in [0.05, 0.1) is 0 Å². The molecule has 1 atom stereocenters. The molecule has 1 heterocycles. The molecule has 0 radical (unpaired) electrons. The van der Waals surface area contributed by atoms with Gasteiger partial charge in [-0.2, -0.15) is 0 Å². The number of nitrogens with zero attached hydrogens (tertiary/aromatic N) is 1. The Morgan fingerprint density at radius 3 is 2.86 bits per heavy atom. The normalized spacial score (nSPS) is 12.0. The fourth-order valence-corrected chi connectivity index (χ4v) is 1.87. The zero-order valence-electron chi connectivity index (χ0n) is 12.2. The molecule has 0 spiro atoms. The van der Waals surface area contributed by atoms with Crippen molar-refractivity contribution in [1.29, 1.82) is 0 Å². The van der Waals surface area contributed by atoms with Crippen molar-refractivity contribution in [3.05, 3.63) is 24.1 Å². The molecule has 7 heteroatoms. The fourth-order valence-electron chi connectivity index (χ4n) is 1.87. The van der Waals surface area contributed by atoms with Crippen LogP contribution in [0.2, 0.25) is 0 Å². The SMILES string of the molecule is CCNC(=O)NC(=O)C(C)Nc1ccc2oc(C)nc2c1. The average Bonchev–Trinajstić information content (AvgIpc) is 2.78. The molecule has 3 amide bonds. The van der Waals surface area contributed by atoms with E-state index in [1.54, 1.807) is 39.0 Å². The number of fused-ring (bicyclic) bond motifs is 1. The lowest BCUT2D eigenvalue weighted by Gasteiger charge is -2.14. The number of aryl methyl sites for hydroxylation is 1. The van der Waals surface area contributed by atoms with Gasteiger partial charge in [0.25, 0.3) is 0 Å². The molecule has 7 nitrogen and oxygen atoms in total. The number of nitrogens with one attached hydrogen (secondary N) is 3. The predicted molar refractivity (Wildman–Crippen MR) is 79.0 cm³/mol. The van der Waals surface area contributed by atoms with Crippen LogP contribution in [0.15, 0.2) is 22.6 Å². The highest BCUT2D eigenvalue weighted by atomic mass is 16.3. The third-order valence-corrected chi connectivity index (χ3v) is 2.85. The highest BCUT2D eigenvalue weighted by molar-refractivity contribution is 5.98. The number of hydrogen-bond acceptors (Lipinski definition) is 5. The first-order valence-corrected chi connectivity index (χ1v) is 6.72. The number of rotatable bonds is 4. The van der Waals surface area contributed by atoms with Gasteiger partial charge in [0, 0.05) is 19.2 Å². The zero-order valence-corrected chi connectivity index (χ0v) is 12.2. The first kappa shape index (κ1) is 14.8.